The summed E-state index contributed by atoms with van der Waals surface area (Å²) in [5, 5.41) is 12.0. The van der Waals surface area contributed by atoms with Crippen molar-refractivity contribution in [3.8, 4) is 11.8 Å². The first-order valence-corrected chi connectivity index (χ1v) is 8.00. The zero-order valence-corrected chi connectivity index (χ0v) is 11.7. The molecule has 2 unspecified atom stereocenters. The van der Waals surface area contributed by atoms with E-state index in [1.54, 1.807) is 0 Å². The Morgan fingerprint density at radius 3 is 2.53 bits per heavy atom. The number of aliphatic hydroxyl groups is 1. The molecule has 0 aromatic carbocycles. The smallest absolute Gasteiger partial charge is 0.0777 e. The Kier molecular flexibility index (Phi) is 4.82. The second-order valence-electron chi connectivity index (χ2n) is 5.58. The molecule has 0 aromatic rings. The van der Waals surface area contributed by atoms with Crippen LogP contribution in [0, 0.1) is 11.8 Å². The standard InChI is InChI=1S/C15H24OS/c1-2-3-4-5-6-7-10-15(16)11-13-8-9-14(12-15)17-13/h13-14,16H,2-5,8-12H2,1H3. The second kappa shape index (κ2) is 6.16. The fourth-order valence-electron chi connectivity index (χ4n) is 2.93. The SMILES string of the molecule is CCCCCC#CCC1(O)CC2CCC(C1)S2. The summed E-state index contributed by atoms with van der Waals surface area (Å²) in [7, 11) is 0. The molecule has 2 saturated heterocycles. The lowest BCUT2D eigenvalue weighted by Gasteiger charge is -2.34. The molecular weight excluding hydrogens is 228 g/mol. The molecule has 2 atom stereocenters. The summed E-state index contributed by atoms with van der Waals surface area (Å²) in [5.74, 6) is 6.44. The van der Waals surface area contributed by atoms with Gasteiger partial charge in [-0.2, -0.15) is 11.8 Å². The quantitative estimate of drug-likeness (QED) is 0.607. The minimum atomic E-state index is -0.463. The highest BCUT2D eigenvalue weighted by Crippen LogP contribution is 2.48. The van der Waals surface area contributed by atoms with Crippen molar-refractivity contribution in [1.29, 1.82) is 0 Å². The maximum Gasteiger partial charge on any atom is 0.0777 e. The first kappa shape index (κ1) is 13.3. The molecule has 0 aromatic heterocycles. The van der Waals surface area contributed by atoms with E-state index in [-0.39, 0.29) is 0 Å². The molecule has 0 radical (unpaired) electrons. The third kappa shape index (κ3) is 3.93. The van der Waals surface area contributed by atoms with E-state index in [0.29, 0.717) is 16.9 Å². The average Bonchev–Trinajstić information content (AvgIpc) is 2.64. The van der Waals surface area contributed by atoms with E-state index in [9.17, 15) is 5.11 Å². The second-order valence-corrected chi connectivity index (χ2v) is 7.18. The van der Waals surface area contributed by atoms with Crippen LogP contribution in [0.3, 0.4) is 0 Å². The Morgan fingerprint density at radius 1 is 1.18 bits per heavy atom. The summed E-state index contributed by atoms with van der Waals surface area (Å²) in [4.78, 5) is 0. The van der Waals surface area contributed by atoms with Gasteiger partial charge in [-0.15, -0.1) is 11.8 Å². The van der Waals surface area contributed by atoms with Crippen LogP contribution in [0.4, 0.5) is 0 Å². The Balaban J connectivity index is 1.74. The number of rotatable bonds is 4. The topological polar surface area (TPSA) is 20.2 Å². The lowest BCUT2D eigenvalue weighted by Crippen LogP contribution is -2.36. The van der Waals surface area contributed by atoms with Crippen LogP contribution in [0.5, 0.6) is 0 Å². The number of hydrogen-bond acceptors (Lipinski definition) is 2. The van der Waals surface area contributed by atoms with Gasteiger partial charge in [-0.3, -0.25) is 0 Å². The predicted molar refractivity (Wildman–Crippen MR) is 75.1 cm³/mol. The van der Waals surface area contributed by atoms with Gasteiger partial charge in [0.15, 0.2) is 0 Å². The third-order valence-electron chi connectivity index (χ3n) is 3.86. The number of hydrogen-bond donors (Lipinski definition) is 1. The van der Waals surface area contributed by atoms with Crippen LogP contribution in [0.25, 0.3) is 0 Å². The highest BCUT2D eigenvalue weighted by Gasteiger charge is 2.42. The summed E-state index contributed by atoms with van der Waals surface area (Å²) in [6, 6.07) is 0. The molecule has 2 heterocycles. The summed E-state index contributed by atoms with van der Waals surface area (Å²) in [6.45, 7) is 2.21. The Morgan fingerprint density at radius 2 is 1.88 bits per heavy atom. The van der Waals surface area contributed by atoms with Gasteiger partial charge in [-0.1, -0.05) is 19.8 Å². The third-order valence-corrected chi connectivity index (χ3v) is 5.43. The van der Waals surface area contributed by atoms with E-state index >= 15 is 0 Å². The van der Waals surface area contributed by atoms with E-state index in [0.717, 1.165) is 19.3 Å². The van der Waals surface area contributed by atoms with Crippen LogP contribution in [0.2, 0.25) is 0 Å². The van der Waals surface area contributed by atoms with Crippen molar-refractivity contribution < 1.29 is 5.11 Å². The van der Waals surface area contributed by atoms with Gasteiger partial charge in [-0.25, -0.2) is 0 Å². The van der Waals surface area contributed by atoms with Gasteiger partial charge in [0.25, 0.3) is 0 Å². The lowest BCUT2D eigenvalue weighted by molar-refractivity contribution is 0.0289. The average molecular weight is 252 g/mol. The van der Waals surface area contributed by atoms with Crippen LogP contribution in [0.15, 0.2) is 0 Å². The molecule has 0 aliphatic carbocycles. The molecule has 1 nitrogen and oxygen atoms in total. The summed E-state index contributed by atoms with van der Waals surface area (Å²) < 4.78 is 0. The van der Waals surface area contributed by atoms with Crippen molar-refractivity contribution >= 4 is 11.8 Å². The number of thioether (sulfide) groups is 1. The monoisotopic (exact) mass is 252 g/mol. The van der Waals surface area contributed by atoms with Crippen molar-refractivity contribution in [1.82, 2.24) is 0 Å². The molecular formula is C15H24OS. The molecule has 0 amide bonds. The van der Waals surface area contributed by atoms with E-state index in [4.69, 9.17) is 0 Å². The maximum atomic E-state index is 10.5. The zero-order valence-electron chi connectivity index (χ0n) is 10.9. The maximum absolute atomic E-state index is 10.5. The molecule has 2 heteroatoms. The predicted octanol–water partition coefficient (Wildman–Crippen LogP) is 3.75. The van der Waals surface area contributed by atoms with Gasteiger partial charge < -0.3 is 5.11 Å². The molecule has 1 N–H and O–H groups in total. The Hall–Kier alpha value is -0.130. The van der Waals surface area contributed by atoms with Gasteiger partial charge in [0.05, 0.1) is 5.60 Å². The molecule has 0 saturated carbocycles. The Bertz CT molecular complexity index is 290. The summed E-state index contributed by atoms with van der Waals surface area (Å²) >= 11 is 2.10. The molecule has 2 fully saturated rings. The molecule has 2 rings (SSSR count). The van der Waals surface area contributed by atoms with Gasteiger partial charge in [0.2, 0.25) is 0 Å². The lowest BCUT2D eigenvalue weighted by atomic mass is 9.90. The Labute approximate surface area is 110 Å². The van der Waals surface area contributed by atoms with Crippen molar-refractivity contribution in [3.05, 3.63) is 0 Å². The molecule has 0 spiro atoms. The van der Waals surface area contributed by atoms with E-state index in [1.165, 1.54) is 32.1 Å². The molecule has 2 bridgehead atoms. The van der Waals surface area contributed by atoms with E-state index in [2.05, 4.69) is 30.5 Å². The highest BCUT2D eigenvalue weighted by atomic mass is 32.2. The molecule has 2 aliphatic rings. The van der Waals surface area contributed by atoms with Gasteiger partial charge in [0, 0.05) is 23.3 Å². The fourth-order valence-corrected chi connectivity index (χ4v) is 4.84. The first-order chi connectivity index (χ1) is 8.22. The van der Waals surface area contributed by atoms with Crippen LogP contribution in [0.1, 0.15) is 64.7 Å². The van der Waals surface area contributed by atoms with E-state index < -0.39 is 5.60 Å². The largest absolute Gasteiger partial charge is 0.389 e. The number of fused-ring (bicyclic) bond motifs is 2. The zero-order chi connectivity index (χ0) is 12.1. The van der Waals surface area contributed by atoms with Crippen LogP contribution >= 0.6 is 11.8 Å². The van der Waals surface area contributed by atoms with E-state index in [1.807, 2.05) is 0 Å². The van der Waals surface area contributed by atoms with Crippen molar-refractivity contribution in [2.75, 3.05) is 0 Å². The minimum absolute atomic E-state index is 0.463. The van der Waals surface area contributed by atoms with Crippen LogP contribution in [-0.4, -0.2) is 21.2 Å². The van der Waals surface area contributed by atoms with Gasteiger partial charge >= 0.3 is 0 Å². The summed E-state index contributed by atoms with van der Waals surface area (Å²) in [6.07, 6.45) is 10.0. The fraction of sp³-hybridized carbons (Fsp3) is 0.867. The molecule has 96 valence electrons. The number of unbranched alkanes of at least 4 members (excludes halogenated alkanes) is 3. The highest BCUT2D eigenvalue weighted by molar-refractivity contribution is 8.00. The van der Waals surface area contributed by atoms with Crippen molar-refractivity contribution in [3.63, 3.8) is 0 Å². The minimum Gasteiger partial charge on any atom is -0.389 e. The van der Waals surface area contributed by atoms with Gasteiger partial charge in [0.1, 0.15) is 0 Å². The van der Waals surface area contributed by atoms with Crippen LogP contribution < -0.4 is 0 Å². The first-order valence-electron chi connectivity index (χ1n) is 7.05. The normalized spacial score (nSPS) is 35.4. The molecule has 2 aliphatic heterocycles. The summed E-state index contributed by atoms with van der Waals surface area (Å²) in [5.41, 5.74) is -0.463. The van der Waals surface area contributed by atoms with Crippen molar-refractivity contribution in [2.24, 2.45) is 0 Å². The van der Waals surface area contributed by atoms with Gasteiger partial charge in [-0.05, 0) is 32.1 Å². The van der Waals surface area contributed by atoms with Crippen LogP contribution in [-0.2, 0) is 0 Å². The van der Waals surface area contributed by atoms with Crippen molar-refractivity contribution in [2.45, 2.75) is 80.8 Å². The molecule has 17 heavy (non-hydrogen) atoms.